The number of ether oxygens (including phenoxy) is 1. The quantitative estimate of drug-likeness (QED) is 0.552. The Kier molecular flexibility index (Phi) is 9.70. The van der Waals surface area contributed by atoms with Gasteiger partial charge in [0.05, 0.1) is 4.90 Å². The van der Waals surface area contributed by atoms with Crippen LogP contribution in [0.4, 0.5) is 0 Å². The number of benzene rings is 1. The van der Waals surface area contributed by atoms with Crippen molar-refractivity contribution in [2.24, 2.45) is 5.92 Å². The van der Waals surface area contributed by atoms with Crippen molar-refractivity contribution in [3.05, 3.63) is 29.8 Å². The summed E-state index contributed by atoms with van der Waals surface area (Å²) in [5, 5.41) is 2.85. The fourth-order valence-electron chi connectivity index (χ4n) is 2.09. The van der Waals surface area contributed by atoms with Crippen molar-refractivity contribution in [3.63, 3.8) is 0 Å². The Labute approximate surface area is 151 Å². The molecule has 0 aliphatic heterocycles. The number of hydrogen-bond acceptors (Lipinski definition) is 4. The summed E-state index contributed by atoms with van der Waals surface area (Å²) in [7, 11) is -3.46. The first kappa shape index (κ1) is 21.6. The maximum atomic E-state index is 12.1. The van der Waals surface area contributed by atoms with Gasteiger partial charge >= 0.3 is 0 Å². The zero-order chi connectivity index (χ0) is 18.7. The smallest absolute Gasteiger partial charge is 0.240 e. The summed E-state index contributed by atoms with van der Waals surface area (Å²) in [6, 6.07) is 6.68. The maximum Gasteiger partial charge on any atom is 0.240 e. The van der Waals surface area contributed by atoms with Gasteiger partial charge in [0, 0.05) is 32.7 Å². The lowest BCUT2D eigenvalue weighted by Gasteiger charge is -2.09. The van der Waals surface area contributed by atoms with Gasteiger partial charge in [-0.25, -0.2) is 13.1 Å². The molecule has 6 nitrogen and oxygen atoms in total. The van der Waals surface area contributed by atoms with Crippen molar-refractivity contribution in [1.82, 2.24) is 10.0 Å². The summed E-state index contributed by atoms with van der Waals surface area (Å²) < 4.78 is 32.0. The van der Waals surface area contributed by atoms with E-state index in [1.54, 1.807) is 24.3 Å². The van der Waals surface area contributed by atoms with Crippen molar-refractivity contribution in [1.29, 1.82) is 0 Å². The number of carbonyl (C=O) groups excluding carboxylic acids is 1. The number of carbonyl (C=O) groups is 1. The number of sulfonamides is 1. The van der Waals surface area contributed by atoms with Gasteiger partial charge in [-0.2, -0.15) is 0 Å². The first-order valence-corrected chi connectivity index (χ1v) is 10.3. The van der Waals surface area contributed by atoms with E-state index in [2.05, 4.69) is 10.0 Å². The predicted molar refractivity (Wildman–Crippen MR) is 98.9 cm³/mol. The fraction of sp³-hybridized carbons (Fsp3) is 0.611. The minimum absolute atomic E-state index is 0.00760. The van der Waals surface area contributed by atoms with Crippen LogP contribution in [0, 0.1) is 5.92 Å². The average molecular weight is 371 g/mol. The van der Waals surface area contributed by atoms with Crippen LogP contribution in [0.25, 0.3) is 0 Å². The minimum Gasteiger partial charge on any atom is -0.382 e. The predicted octanol–water partition coefficient (Wildman–Crippen LogP) is 2.10. The molecule has 1 aromatic carbocycles. The van der Waals surface area contributed by atoms with Crippen molar-refractivity contribution in [2.45, 2.75) is 44.9 Å². The Bertz CT molecular complexity index is 612. The molecule has 0 fully saturated rings. The van der Waals surface area contributed by atoms with E-state index in [9.17, 15) is 13.2 Å². The van der Waals surface area contributed by atoms with Gasteiger partial charge < -0.3 is 10.1 Å². The highest BCUT2D eigenvalue weighted by Crippen LogP contribution is 2.12. The fourth-order valence-corrected chi connectivity index (χ4v) is 3.30. The molecular formula is C18H30N2O4S. The van der Waals surface area contributed by atoms with Crippen molar-refractivity contribution in [2.75, 3.05) is 26.3 Å². The summed E-state index contributed by atoms with van der Waals surface area (Å²) >= 11 is 0. The van der Waals surface area contributed by atoms with Crippen LogP contribution in [0.3, 0.4) is 0 Å². The first-order valence-electron chi connectivity index (χ1n) is 8.78. The van der Waals surface area contributed by atoms with E-state index in [-0.39, 0.29) is 16.7 Å². The zero-order valence-electron chi connectivity index (χ0n) is 15.4. The summed E-state index contributed by atoms with van der Waals surface area (Å²) in [5.74, 6) is 0.243. The maximum absolute atomic E-state index is 12.1. The standard InChI is InChI=1S/C18H30N2O4S/c1-4-24-13-5-12-19-18(21)11-8-16-6-9-17(10-7-16)25(22,23)20-14-15(2)3/h6-7,9-10,15,20H,4-5,8,11-14H2,1-3H3,(H,19,21). The molecule has 0 radical (unpaired) electrons. The molecule has 0 aromatic heterocycles. The Morgan fingerprint density at radius 3 is 2.48 bits per heavy atom. The number of rotatable bonds is 12. The molecule has 0 bridgehead atoms. The van der Waals surface area contributed by atoms with Gasteiger partial charge in [0.1, 0.15) is 0 Å². The van der Waals surface area contributed by atoms with Crippen LogP contribution in [0.2, 0.25) is 0 Å². The summed E-state index contributed by atoms with van der Waals surface area (Å²) in [4.78, 5) is 12.0. The van der Waals surface area contributed by atoms with Gasteiger partial charge in [0.15, 0.2) is 0 Å². The van der Waals surface area contributed by atoms with E-state index in [4.69, 9.17) is 4.74 Å². The number of hydrogen-bond donors (Lipinski definition) is 2. The van der Waals surface area contributed by atoms with E-state index in [0.29, 0.717) is 39.1 Å². The number of aryl methyl sites for hydroxylation is 1. The number of nitrogens with one attached hydrogen (secondary N) is 2. The van der Waals surface area contributed by atoms with Gasteiger partial charge in [-0.1, -0.05) is 26.0 Å². The summed E-state index contributed by atoms with van der Waals surface area (Å²) in [5.41, 5.74) is 0.937. The van der Waals surface area contributed by atoms with E-state index >= 15 is 0 Å². The molecular weight excluding hydrogens is 340 g/mol. The third-order valence-electron chi connectivity index (χ3n) is 3.55. The Morgan fingerprint density at radius 1 is 1.20 bits per heavy atom. The molecule has 0 aliphatic rings. The normalized spacial score (nSPS) is 11.7. The first-order chi connectivity index (χ1) is 11.8. The Morgan fingerprint density at radius 2 is 1.88 bits per heavy atom. The molecule has 1 amide bonds. The van der Waals surface area contributed by atoms with E-state index in [1.165, 1.54) is 0 Å². The molecule has 25 heavy (non-hydrogen) atoms. The van der Waals surface area contributed by atoms with E-state index < -0.39 is 10.0 Å². The highest BCUT2D eigenvalue weighted by atomic mass is 32.2. The lowest BCUT2D eigenvalue weighted by Crippen LogP contribution is -2.27. The van der Waals surface area contributed by atoms with Crippen molar-refractivity contribution < 1.29 is 17.9 Å². The van der Waals surface area contributed by atoms with Crippen LogP contribution in [0.15, 0.2) is 29.2 Å². The van der Waals surface area contributed by atoms with Gasteiger partial charge in [-0.15, -0.1) is 0 Å². The van der Waals surface area contributed by atoms with Crippen LogP contribution < -0.4 is 10.0 Å². The topological polar surface area (TPSA) is 84.5 Å². The molecule has 0 heterocycles. The van der Waals surface area contributed by atoms with Crippen LogP contribution in [0.1, 0.15) is 39.2 Å². The lowest BCUT2D eigenvalue weighted by atomic mass is 10.1. The zero-order valence-corrected chi connectivity index (χ0v) is 16.2. The van der Waals surface area contributed by atoms with Gasteiger partial charge in [0.2, 0.25) is 15.9 Å². The second-order valence-electron chi connectivity index (χ2n) is 6.29. The molecule has 0 atom stereocenters. The molecule has 0 aliphatic carbocycles. The highest BCUT2D eigenvalue weighted by molar-refractivity contribution is 7.89. The lowest BCUT2D eigenvalue weighted by molar-refractivity contribution is -0.121. The van der Waals surface area contributed by atoms with E-state index in [1.807, 2.05) is 20.8 Å². The number of amides is 1. The molecule has 7 heteroatoms. The monoisotopic (exact) mass is 370 g/mol. The SMILES string of the molecule is CCOCCCNC(=O)CCc1ccc(S(=O)(=O)NCC(C)C)cc1. The molecule has 1 aromatic rings. The molecule has 0 saturated carbocycles. The molecule has 0 spiro atoms. The van der Waals surface area contributed by atoms with Gasteiger partial charge in [-0.3, -0.25) is 4.79 Å². The summed E-state index contributed by atoms with van der Waals surface area (Å²) in [6.07, 6.45) is 1.76. The summed E-state index contributed by atoms with van der Waals surface area (Å²) in [6.45, 7) is 8.20. The minimum atomic E-state index is -3.46. The largest absolute Gasteiger partial charge is 0.382 e. The molecule has 1 rings (SSSR count). The average Bonchev–Trinajstić information content (AvgIpc) is 2.58. The van der Waals surface area contributed by atoms with Crippen LogP contribution >= 0.6 is 0 Å². The van der Waals surface area contributed by atoms with Gasteiger partial charge in [-0.05, 0) is 43.4 Å². The van der Waals surface area contributed by atoms with E-state index in [0.717, 1.165) is 12.0 Å². The Hall–Kier alpha value is -1.44. The third-order valence-corrected chi connectivity index (χ3v) is 4.99. The highest BCUT2D eigenvalue weighted by Gasteiger charge is 2.14. The molecule has 0 unspecified atom stereocenters. The van der Waals surface area contributed by atoms with Crippen LogP contribution in [0.5, 0.6) is 0 Å². The molecule has 0 saturated heterocycles. The third kappa shape index (κ3) is 9.00. The second kappa shape index (κ2) is 11.2. The molecule has 142 valence electrons. The second-order valence-corrected chi connectivity index (χ2v) is 8.06. The Balaban J connectivity index is 2.40. The van der Waals surface area contributed by atoms with Crippen molar-refractivity contribution >= 4 is 15.9 Å². The van der Waals surface area contributed by atoms with Crippen LogP contribution in [-0.4, -0.2) is 40.6 Å². The van der Waals surface area contributed by atoms with Crippen LogP contribution in [-0.2, 0) is 26.0 Å². The van der Waals surface area contributed by atoms with Gasteiger partial charge in [0.25, 0.3) is 0 Å². The molecule has 2 N–H and O–H groups in total. The van der Waals surface area contributed by atoms with Crippen molar-refractivity contribution in [3.8, 4) is 0 Å².